The molecule has 0 heterocycles. The molecule has 0 aliphatic carbocycles. The third-order valence-electron chi connectivity index (χ3n) is 3.41. The van der Waals surface area contributed by atoms with Crippen LogP contribution in [0.4, 0.5) is 0 Å². The Kier molecular flexibility index (Phi) is 7.33. The van der Waals surface area contributed by atoms with Crippen molar-refractivity contribution in [2.75, 3.05) is 0 Å². The van der Waals surface area contributed by atoms with Crippen molar-refractivity contribution < 1.29 is 0 Å². The summed E-state index contributed by atoms with van der Waals surface area (Å²) in [6.45, 7) is 4.34. The normalized spacial score (nSPS) is 12.7. The third kappa shape index (κ3) is 4.97. The Morgan fingerprint density at radius 3 is 2.61 bits per heavy atom. The molecule has 0 aromatic heterocycles. The molecule has 102 valence electrons. The van der Waals surface area contributed by atoms with Crippen LogP contribution in [0.5, 0.6) is 0 Å². The number of rotatable bonds is 8. The van der Waals surface area contributed by atoms with Crippen LogP contribution in [0, 0.1) is 6.92 Å². The molecule has 0 radical (unpaired) electrons. The van der Waals surface area contributed by atoms with Gasteiger partial charge in [0.05, 0.1) is 0 Å². The molecule has 0 aliphatic heterocycles. The summed E-state index contributed by atoms with van der Waals surface area (Å²) in [7, 11) is 0. The van der Waals surface area contributed by atoms with E-state index < -0.39 is 0 Å². The quantitative estimate of drug-likeness (QED) is 0.413. The van der Waals surface area contributed by atoms with E-state index in [0.29, 0.717) is 0 Å². The molecule has 3 heteroatoms. The Labute approximate surface area is 116 Å². The first-order valence-electron chi connectivity index (χ1n) is 6.91. The molecule has 18 heavy (non-hydrogen) atoms. The van der Waals surface area contributed by atoms with Gasteiger partial charge < -0.3 is 0 Å². The van der Waals surface area contributed by atoms with Crippen molar-refractivity contribution in [3.05, 3.63) is 34.3 Å². The smallest absolute Gasteiger partial charge is 0.0463 e. The van der Waals surface area contributed by atoms with Crippen molar-refractivity contribution in [3.63, 3.8) is 0 Å². The van der Waals surface area contributed by atoms with Gasteiger partial charge in [0.2, 0.25) is 0 Å². The molecular weight excluding hydrogens is 244 g/mol. The lowest BCUT2D eigenvalue weighted by atomic mass is 9.96. The first-order chi connectivity index (χ1) is 8.69. The zero-order valence-corrected chi connectivity index (χ0v) is 12.3. The highest BCUT2D eigenvalue weighted by Gasteiger charge is 2.12. The van der Waals surface area contributed by atoms with Crippen molar-refractivity contribution in [1.29, 1.82) is 0 Å². The summed E-state index contributed by atoms with van der Waals surface area (Å²) in [5, 5.41) is 0.779. The lowest BCUT2D eigenvalue weighted by Crippen LogP contribution is -2.28. The zero-order valence-electron chi connectivity index (χ0n) is 11.5. The summed E-state index contributed by atoms with van der Waals surface area (Å²) in [4.78, 5) is 0. The summed E-state index contributed by atoms with van der Waals surface area (Å²) < 4.78 is 0. The van der Waals surface area contributed by atoms with E-state index in [4.69, 9.17) is 17.4 Å². The van der Waals surface area contributed by atoms with Gasteiger partial charge in [0.1, 0.15) is 0 Å². The number of hydrogen-bond donors (Lipinski definition) is 2. The number of nitrogens with two attached hydrogens (primary N) is 1. The van der Waals surface area contributed by atoms with Crippen LogP contribution in [-0.4, -0.2) is 0 Å². The molecule has 0 aliphatic rings. The van der Waals surface area contributed by atoms with Crippen molar-refractivity contribution in [2.24, 2.45) is 5.84 Å². The molecule has 0 amide bonds. The highest BCUT2D eigenvalue weighted by atomic mass is 35.5. The maximum atomic E-state index is 6.05. The van der Waals surface area contributed by atoms with E-state index in [-0.39, 0.29) is 6.04 Å². The standard InChI is InChI=1S/C15H25ClN2/c1-3-4-5-6-7-8-15(18-17)14-11-13(16)10-9-12(14)2/h9-11,15,18H,3-8,17H2,1-2H3. The minimum atomic E-state index is 0.213. The van der Waals surface area contributed by atoms with Gasteiger partial charge in [0.15, 0.2) is 0 Å². The molecule has 2 nitrogen and oxygen atoms in total. The average molecular weight is 269 g/mol. The van der Waals surface area contributed by atoms with Gasteiger partial charge in [-0.3, -0.25) is 11.3 Å². The van der Waals surface area contributed by atoms with E-state index in [0.717, 1.165) is 11.4 Å². The number of benzene rings is 1. The van der Waals surface area contributed by atoms with Crippen LogP contribution in [0.3, 0.4) is 0 Å². The Hall–Kier alpha value is -0.570. The van der Waals surface area contributed by atoms with Crippen LogP contribution < -0.4 is 11.3 Å². The van der Waals surface area contributed by atoms with E-state index in [2.05, 4.69) is 25.3 Å². The largest absolute Gasteiger partial charge is 0.271 e. The number of unbranched alkanes of at least 4 members (excludes halogenated alkanes) is 4. The number of hydrogen-bond acceptors (Lipinski definition) is 2. The molecule has 1 aromatic carbocycles. The first kappa shape index (κ1) is 15.5. The summed E-state index contributed by atoms with van der Waals surface area (Å²) in [6, 6.07) is 6.22. The van der Waals surface area contributed by atoms with Crippen molar-refractivity contribution in [2.45, 2.75) is 58.4 Å². The van der Waals surface area contributed by atoms with Crippen LogP contribution in [-0.2, 0) is 0 Å². The number of hydrazine groups is 1. The second-order valence-corrected chi connectivity index (χ2v) is 5.36. The van der Waals surface area contributed by atoms with E-state index in [1.807, 2.05) is 12.1 Å². The highest BCUT2D eigenvalue weighted by Crippen LogP contribution is 2.25. The average Bonchev–Trinajstić information content (AvgIpc) is 2.37. The van der Waals surface area contributed by atoms with Gasteiger partial charge in [-0.2, -0.15) is 0 Å². The molecule has 1 aromatic rings. The molecule has 0 saturated carbocycles. The van der Waals surface area contributed by atoms with Crippen molar-refractivity contribution in [1.82, 2.24) is 5.43 Å². The molecule has 3 N–H and O–H groups in total. The molecule has 1 atom stereocenters. The minimum absolute atomic E-state index is 0.213. The molecule has 0 spiro atoms. The van der Waals surface area contributed by atoms with Gasteiger partial charge >= 0.3 is 0 Å². The third-order valence-corrected chi connectivity index (χ3v) is 3.65. The number of aryl methyl sites for hydroxylation is 1. The predicted octanol–water partition coefficient (Wildman–Crippen LogP) is 4.51. The molecule has 1 unspecified atom stereocenters. The second-order valence-electron chi connectivity index (χ2n) is 4.92. The Balaban J connectivity index is 2.52. The van der Waals surface area contributed by atoms with Gasteiger partial charge in [-0.15, -0.1) is 0 Å². The summed E-state index contributed by atoms with van der Waals surface area (Å²) in [5.41, 5.74) is 5.39. The topological polar surface area (TPSA) is 38.0 Å². The van der Waals surface area contributed by atoms with Crippen LogP contribution in [0.2, 0.25) is 5.02 Å². The Bertz CT molecular complexity index is 352. The maximum Gasteiger partial charge on any atom is 0.0463 e. The fourth-order valence-electron chi connectivity index (χ4n) is 2.27. The van der Waals surface area contributed by atoms with E-state index in [1.54, 1.807) is 0 Å². The first-order valence-corrected chi connectivity index (χ1v) is 7.29. The summed E-state index contributed by atoms with van der Waals surface area (Å²) in [6.07, 6.45) is 7.50. The molecule has 0 saturated heterocycles. The lowest BCUT2D eigenvalue weighted by Gasteiger charge is -2.18. The summed E-state index contributed by atoms with van der Waals surface area (Å²) >= 11 is 6.05. The lowest BCUT2D eigenvalue weighted by molar-refractivity contribution is 0.477. The van der Waals surface area contributed by atoms with Crippen LogP contribution in [0.1, 0.15) is 62.6 Å². The van der Waals surface area contributed by atoms with Crippen LogP contribution in [0.15, 0.2) is 18.2 Å². The van der Waals surface area contributed by atoms with Gasteiger partial charge in [-0.05, 0) is 36.6 Å². The predicted molar refractivity (Wildman–Crippen MR) is 79.6 cm³/mol. The molecular formula is C15H25ClN2. The second kappa shape index (κ2) is 8.52. The van der Waals surface area contributed by atoms with Crippen molar-refractivity contribution in [3.8, 4) is 0 Å². The molecule has 0 bridgehead atoms. The fraction of sp³-hybridized carbons (Fsp3) is 0.600. The Morgan fingerprint density at radius 1 is 1.22 bits per heavy atom. The van der Waals surface area contributed by atoms with Gasteiger partial charge in [0, 0.05) is 11.1 Å². The maximum absolute atomic E-state index is 6.05. The van der Waals surface area contributed by atoms with Crippen LogP contribution >= 0.6 is 11.6 Å². The van der Waals surface area contributed by atoms with Crippen LogP contribution in [0.25, 0.3) is 0 Å². The van der Waals surface area contributed by atoms with Gasteiger partial charge in [-0.1, -0.05) is 56.7 Å². The van der Waals surface area contributed by atoms with Crippen molar-refractivity contribution >= 4 is 11.6 Å². The summed E-state index contributed by atoms with van der Waals surface area (Å²) in [5.74, 6) is 5.67. The van der Waals surface area contributed by atoms with E-state index in [9.17, 15) is 0 Å². The monoisotopic (exact) mass is 268 g/mol. The van der Waals surface area contributed by atoms with E-state index >= 15 is 0 Å². The fourth-order valence-corrected chi connectivity index (χ4v) is 2.45. The Morgan fingerprint density at radius 2 is 1.94 bits per heavy atom. The van der Waals surface area contributed by atoms with E-state index in [1.165, 1.54) is 43.2 Å². The highest BCUT2D eigenvalue weighted by molar-refractivity contribution is 6.30. The number of halogens is 1. The molecule has 1 rings (SSSR count). The number of nitrogens with one attached hydrogen (secondary N) is 1. The van der Waals surface area contributed by atoms with Gasteiger partial charge in [-0.25, -0.2) is 0 Å². The minimum Gasteiger partial charge on any atom is -0.271 e. The molecule has 0 fully saturated rings. The zero-order chi connectivity index (χ0) is 13.4. The SMILES string of the molecule is CCCCCCCC(NN)c1cc(Cl)ccc1C. The van der Waals surface area contributed by atoms with Gasteiger partial charge in [0.25, 0.3) is 0 Å².